The quantitative estimate of drug-likeness (QED) is 0.608. The number of carbonyl (C=O) groups is 1. The lowest BCUT2D eigenvalue weighted by atomic mass is 10.1. The molecule has 1 N–H and O–H groups in total. The molecule has 5 heteroatoms. The zero-order valence-electron chi connectivity index (χ0n) is 11.4. The van der Waals surface area contributed by atoms with Crippen LogP contribution in [0.25, 0.3) is 33.2 Å². The lowest BCUT2D eigenvalue weighted by Gasteiger charge is -2.03. The van der Waals surface area contributed by atoms with Gasteiger partial charge in [0.05, 0.1) is 11.1 Å². The molecule has 0 aliphatic heterocycles. The van der Waals surface area contributed by atoms with Gasteiger partial charge in [-0.15, -0.1) is 0 Å². The SMILES string of the molecule is O=C(O)c1ccc2cncc(-c3cc4ccccc4o3)c2n1. The van der Waals surface area contributed by atoms with Gasteiger partial charge in [-0.2, -0.15) is 0 Å². The van der Waals surface area contributed by atoms with Crippen molar-refractivity contribution in [3.63, 3.8) is 0 Å². The standard InChI is InChI=1S/C17H10N2O3/c20-17(21)13-6-5-11-8-18-9-12(16(11)19-13)15-7-10-3-1-2-4-14(10)22-15/h1-9H,(H,20,21). The molecule has 0 aliphatic rings. The number of nitrogens with zero attached hydrogens (tertiary/aromatic N) is 2. The number of pyridine rings is 2. The van der Waals surface area contributed by atoms with Gasteiger partial charge in [0.25, 0.3) is 0 Å². The molecule has 4 aromatic rings. The Morgan fingerprint density at radius 2 is 1.91 bits per heavy atom. The minimum Gasteiger partial charge on any atom is -0.477 e. The first-order valence-corrected chi connectivity index (χ1v) is 6.69. The van der Waals surface area contributed by atoms with Crippen molar-refractivity contribution in [1.82, 2.24) is 9.97 Å². The number of benzene rings is 1. The normalized spacial score (nSPS) is 11.1. The van der Waals surface area contributed by atoms with E-state index in [0.717, 1.165) is 16.4 Å². The highest BCUT2D eigenvalue weighted by Crippen LogP contribution is 2.31. The second-order valence-electron chi connectivity index (χ2n) is 4.91. The van der Waals surface area contributed by atoms with Gasteiger partial charge in [0.2, 0.25) is 0 Å². The van der Waals surface area contributed by atoms with Gasteiger partial charge in [0, 0.05) is 23.2 Å². The minimum absolute atomic E-state index is 0.00365. The number of carboxylic acid groups (broad SMARTS) is 1. The van der Waals surface area contributed by atoms with Crippen LogP contribution in [-0.4, -0.2) is 21.0 Å². The average molecular weight is 290 g/mol. The molecule has 0 atom stereocenters. The van der Waals surface area contributed by atoms with E-state index in [1.165, 1.54) is 6.07 Å². The maximum atomic E-state index is 11.1. The fraction of sp³-hybridized carbons (Fsp3) is 0. The van der Waals surface area contributed by atoms with Crippen LogP contribution < -0.4 is 0 Å². The van der Waals surface area contributed by atoms with Crippen LogP contribution in [0.2, 0.25) is 0 Å². The number of furan rings is 1. The van der Waals surface area contributed by atoms with Crippen molar-refractivity contribution < 1.29 is 14.3 Å². The van der Waals surface area contributed by atoms with Crippen molar-refractivity contribution in [2.24, 2.45) is 0 Å². The van der Waals surface area contributed by atoms with Crippen LogP contribution in [0.1, 0.15) is 10.5 Å². The molecular weight excluding hydrogens is 280 g/mol. The third-order valence-electron chi connectivity index (χ3n) is 3.51. The molecule has 106 valence electrons. The third-order valence-corrected chi connectivity index (χ3v) is 3.51. The van der Waals surface area contributed by atoms with E-state index in [9.17, 15) is 4.79 Å². The number of hydrogen-bond acceptors (Lipinski definition) is 4. The zero-order valence-corrected chi connectivity index (χ0v) is 11.4. The van der Waals surface area contributed by atoms with Crippen molar-refractivity contribution in [2.45, 2.75) is 0 Å². The number of aromatic nitrogens is 2. The van der Waals surface area contributed by atoms with Crippen LogP contribution in [-0.2, 0) is 0 Å². The van der Waals surface area contributed by atoms with E-state index < -0.39 is 5.97 Å². The van der Waals surface area contributed by atoms with Gasteiger partial charge in [-0.05, 0) is 24.3 Å². The predicted octanol–water partition coefficient (Wildman–Crippen LogP) is 3.74. The van der Waals surface area contributed by atoms with Crippen molar-refractivity contribution in [1.29, 1.82) is 0 Å². The highest BCUT2D eigenvalue weighted by atomic mass is 16.4. The molecular formula is C17H10N2O3. The van der Waals surface area contributed by atoms with Crippen molar-refractivity contribution in [3.05, 3.63) is 60.6 Å². The van der Waals surface area contributed by atoms with Crippen LogP contribution in [0, 0.1) is 0 Å². The smallest absolute Gasteiger partial charge is 0.354 e. The van der Waals surface area contributed by atoms with Gasteiger partial charge in [0.15, 0.2) is 0 Å². The molecule has 5 nitrogen and oxygen atoms in total. The van der Waals surface area contributed by atoms with Crippen LogP contribution in [0.15, 0.2) is 59.3 Å². The Morgan fingerprint density at radius 3 is 2.73 bits per heavy atom. The van der Waals surface area contributed by atoms with E-state index in [-0.39, 0.29) is 5.69 Å². The molecule has 22 heavy (non-hydrogen) atoms. The van der Waals surface area contributed by atoms with Gasteiger partial charge in [-0.25, -0.2) is 9.78 Å². The molecule has 0 fully saturated rings. The monoisotopic (exact) mass is 290 g/mol. The summed E-state index contributed by atoms with van der Waals surface area (Å²) < 4.78 is 5.84. The van der Waals surface area contributed by atoms with E-state index in [1.54, 1.807) is 18.5 Å². The minimum atomic E-state index is -1.06. The summed E-state index contributed by atoms with van der Waals surface area (Å²) in [5.41, 5.74) is 2.01. The van der Waals surface area contributed by atoms with E-state index in [2.05, 4.69) is 9.97 Å². The number of rotatable bonds is 2. The summed E-state index contributed by atoms with van der Waals surface area (Å²) in [6.07, 6.45) is 3.29. The van der Waals surface area contributed by atoms with Crippen LogP contribution >= 0.6 is 0 Å². The van der Waals surface area contributed by atoms with Crippen LogP contribution in [0.5, 0.6) is 0 Å². The molecule has 0 unspecified atom stereocenters. The first-order chi connectivity index (χ1) is 10.7. The van der Waals surface area contributed by atoms with Crippen LogP contribution in [0.4, 0.5) is 0 Å². The summed E-state index contributed by atoms with van der Waals surface area (Å²) in [6.45, 7) is 0. The number of hydrogen-bond donors (Lipinski definition) is 1. The maximum absolute atomic E-state index is 11.1. The first kappa shape index (κ1) is 12.5. The molecule has 0 saturated heterocycles. The number of fused-ring (bicyclic) bond motifs is 2. The summed E-state index contributed by atoms with van der Waals surface area (Å²) in [5.74, 6) is -0.441. The van der Waals surface area contributed by atoms with Gasteiger partial charge in [-0.1, -0.05) is 18.2 Å². The maximum Gasteiger partial charge on any atom is 0.354 e. The van der Waals surface area contributed by atoms with E-state index >= 15 is 0 Å². The fourth-order valence-corrected chi connectivity index (χ4v) is 2.46. The highest BCUT2D eigenvalue weighted by molar-refractivity contribution is 5.96. The molecule has 1 aromatic carbocycles. The van der Waals surface area contributed by atoms with Gasteiger partial charge >= 0.3 is 5.97 Å². The number of para-hydroxylation sites is 1. The largest absolute Gasteiger partial charge is 0.477 e. The van der Waals surface area contributed by atoms with E-state index in [1.807, 2.05) is 30.3 Å². The zero-order chi connectivity index (χ0) is 15.1. The molecule has 0 spiro atoms. The molecule has 0 saturated carbocycles. The molecule has 4 rings (SSSR count). The molecule has 0 radical (unpaired) electrons. The summed E-state index contributed by atoms with van der Waals surface area (Å²) in [6, 6.07) is 12.7. The molecule has 0 aliphatic carbocycles. The predicted molar refractivity (Wildman–Crippen MR) is 81.7 cm³/mol. The van der Waals surface area contributed by atoms with Crippen molar-refractivity contribution >= 4 is 27.8 Å². The summed E-state index contributed by atoms with van der Waals surface area (Å²) in [7, 11) is 0. The Morgan fingerprint density at radius 1 is 1.05 bits per heavy atom. The summed E-state index contributed by atoms with van der Waals surface area (Å²) in [5, 5.41) is 10.9. The Kier molecular flexibility index (Phi) is 2.66. The van der Waals surface area contributed by atoms with Crippen molar-refractivity contribution in [3.8, 4) is 11.3 Å². The lowest BCUT2D eigenvalue weighted by molar-refractivity contribution is 0.0691. The second kappa shape index (κ2) is 4.66. The Hall–Kier alpha value is -3.21. The third kappa shape index (κ3) is 1.91. The first-order valence-electron chi connectivity index (χ1n) is 6.69. The van der Waals surface area contributed by atoms with Gasteiger partial charge in [0.1, 0.15) is 17.0 Å². The molecule has 3 heterocycles. The summed E-state index contributed by atoms with van der Waals surface area (Å²) >= 11 is 0. The second-order valence-corrected chi connectivity index (χ2v) is 4.91. The van der Waals surface area contributed by atoms with Crippen molar-refractivity contribution in [2.75, 3.05) is 0 Å². The lowest BCUT2D eigenvalue weighted by Crippen LogP contribution is -2.00. The topological polar surface area (TPSA) is 76.2 Å². The van der Waals surface area contributed by atoms with E-state index in [4.69, 9.17) is 9.52 Å². The number of carboxylic acids is 1. The molecule has 0 amide bonds. The Bertz CT molecular complexity index is 988. The fourth-order valence-electron chi connectivity index (χ4n) is 2.46. The molecule has 0 bridgehead atoms. The number of aromatic carboxylic acids is 1. The van der Waals surface area contributed by atoms with Crippen LogP contribution in [0.3, 0.4) is 0 Å². The average Bonchev–Trinajstić information content (AvgIpc) is 2.97. The Balaban J connectivity index is 2.00. The van der Waals surface area contributed by atoms with Gasteiger partial charge in [-0.3, -0.25) is 4.98 Å². The molecule has 3 aromatic heterocycles. The Labute approximate surface area is 124 Å². The van der Waals surface area contributed by atoms with Gasteiger partial charge < -0.3 is 9.52 Å². The highest BCUT2D eigenvalue weighted by Gasteiger charge is 2.13. The van der Waals surface area contributed by atoms with E-state index in [0.29, 0.717) is 16.8 Å². The summed E-state index contributed by atoms with van der Waals surface area (Å²) in [4.78, 5) is 19.5.